The van der Waals surface area contributed by atoms with Crippen LogP contribution in [0.15, 0.2) is 53.4 Å². The van der Waals surface area contributed by atoms with Crippen LogP contribution in [-0.2, 0) is 19.6 Å². The van der Waals surface area contributed by atoms with Crippen molar-refractivity contribution in [3.63, 3.8) is 0 Å². The van der Waals surface area contributed by atoms with E-state index in [1.165, 1.54) is 6.07 Å². The van der Waals surface area contributed by atoms with Gasteiger partial charge >= 0.3 is 5.97 Å². The second kappa shape index (κ2) is 7.06. The summed E-state index contributed by atoms with van der Waals surface area (Å²) in [6.45, 7) is -0.638. The third-order valence-electron chi connectivity index (χ3n) is 4.70. The molecule has 10 heteroatoms. The van der Waals surface area contributed by atoms with Crippen LogP contribution in [0, 0.1) is 11.6 Å². The Morgan fingerprint density at radius 3 is 2.47 bits per heavy atom. The van der Waals surface area contributed by atoms with Gasteiger partial charge in [0.2, 0.25) is 5.91 Å². The van der Waals surface area contributed by atoms with Crippen LogP contribution in [0.2, 0.25) is 0 Å². The zero-order chi connectivity index (χ0) is 21.6. The molecular weight excluding hydrogens is 418 g/mol. The van der Waals surface area contributed by atoms with Crippen molar-refractivity contribution >= 4 is 44.0 Å². The minimum atomic E-state index is -3.98. The highest BCUT2D eigenvalue weighted by molar-refractivity contribution is 7.93. The first-order valence-corrected chi connectivity index (χ1v) is 10.1. The number of nitrogens with zero attached hydrogens (tertiary/aromatic N) is 1. The van der Waals surface area contributed by atoms with E-state index < -0.39 is 51.3 Å². The number of esters is 1. The number of ether oxygens (including phenoxy) is 1. The fraction of sp³-hybridized carbons (Fsp3) is 0.100. The van der Waals surface area contributed by atoms with Gasteiger partial charge in [0.1, 0.15) is 18.2 Å². The number of carbonyl (C=O) groups excluding carboxylic acids is 2. The van der Waals surface area contributed by atoms with Crippen LogP contribution in [0.25, 0.3) is 10.8 Å². The Morgan fingerprint density at radius 1 is 1.07 bits per heavy atom. The maximum Gasteiger partial charge on any atom is 0.340 e. The van der Waals surface area contributed by atoms with Gasteiger partial charge in [-0.05, 0) is 23.6 Å². The molecule has 3 aromatic rings. The number of carbonyl (C=O) groups is 2. The number of benzene rings is 3. The molecule has 3 aromatic carbocycles. The Labute approximate surface area is 169 Å². The van der Waals surface area contributed by atoms with Gasteiger partial charge in [0, 0.05) is 11.5 Å². The molecular formula is C20H14F2N2O5S. The summed E-state index contributed by atoms with van der Waals surface area (Å²) in [5.74, 6) is -4.19. The fourth-order valence-corrected chi connectivity index (χ4v) is 5.03. The summed E-state index contributed by atoms with van der Waals surface area (Å²) in [6.07, 6.45) is 0. The Hall–Kier alpha value is -3.53. The summed E-state index contributed by atoms with van der Waals surface area (Å²) in [5.41, 5.74) is -0.720. The van der Waals surface area contributed by atoms with E-state index in [4.69, 9.17) is 0 Å². The molecule has 1 N–H and O–H groups in total. The van der Waals surface area contributed by atoms with Crippen molar-refractivity contribution in [2.45, 2.75) is 4.90 Å². The predicted molar refractivity (Wildman–Crippen MR) is 105 cm³/mol. The van der Waals surface area contributed by atoms with Crippen molar-refractivity contribution in [1.29, 1.82) is 0 Å². The van der Waals surface area contributed by atoms with E-state index in [0.717, 1.165) is 17.5 Å². The Kier molecular flexibility index (Phi) is 4.65. The summed E-state index contributed by atoms with van der Waals surface area (Å²) >= 11 is 0. The minimum Gasteiger partial charge on any atom is -0.465 e. The van der Waals surface area contributed by atoms with Crippen molar-refractivity contribution in [3.05, 3.63) is 65.7 Å². The first kappa shape index (κ1) is 19.8. The van der Waals surface area contributed by atoms with Gasteiger partial charge in [-0.1, -0.05) is 24.3 Å². The normalized spacial score (nSPS) is 14.0. The molecule has 30 heavy (non-hydrogen) atoms. The lowest BCUT2D eigenvalue weighted by Crippen LogP contribution is -2.35. The number of nitrogens with one attached hydrogen (secondary N) is 1. The molecule has 0 radical (unpaired) electrons. The van der Waals surface area contributed by atoms with Crippen molar-refractivity contribution < 1.29 is 31.5 Å². The maximum absolute atomic E-state index is 14.1. The van der Waals surface area contributed by atoms with E-state index in [9.17, 15) is 26.8 Å². The molecule has 154 valence electrons. The molecule has 1 aliphatic rings. The highest BCUT2D eigenvalue weighted by Gasteiger charge is 2.36. The van der Waals surface area contributed by atoms with Crippen molar-refractivity contribution in [2.75, 3.05) is 23.3 Å². The molecule has 1 aliphatic heterocycles. The maximum atomic E-state index is 14.1. The average molecular weight is 432 g/mol. The van der Waals surface area contributed by atoms with Crippen LogP contribution in [-0.4, -0.2) is 33.9 Å². The Bertz CT molecular complexity index is 1320. The second-order valence-electron chi connectivity index (χ2n) is 6.49. The summed E-state index contributed by atoms with van der Waals surface area (Å²) in [6, 6.07) is 11.0. The Morgan fingerprint density at radius 2 is 1.77 bits per heavy atom. The number of amides is 1. The second-order valence-corrected chi connectivity index (χ2v) is 8.33. The molecule has 0 bridgehead atoms. The van der Waals surface area contributed by atoms with Gasteiger partial charge in [0.05, 0.1) is 28.9 Å². The monoisotopic (exact) mass is 432 g/mol. The lowest BCUT2D eigenvalue weighted by Gasteiger charge is -2.18. The zero-order valence-electron chi connectivity index (χ0n) is 15.5. The lowest BCUT2D eigenvalue weighted by molar-refractivity contribution is -0.114. The van der Waals surface area contributed by atoms with Crippen LogP contribution >= 0.6 is 0 Å². The number of sulfonamides is 1. The van der Waals surface area contributed by atoms with Crippen LogP contribution in [0.3, 0.4) is 0 Å². The molecule has 0 atom stereocenters. The zero-order valence-corrected chi connectivity index (χ0v) is 16.3. The number of anilines is 2. The van der Waals surface area contributed by atoms with Gasteiger partial charge < -0.3 is 10.1 Å². The third-order valence-corrected chi connectivity index (χ3v) is 6.51. The summed E-state index contributed by atoms with van der Waals surface area (Å²) < 4.78 is 59.0. The van der Waals surface area contributed by atoms with E-state index in [2.05, 4.69) is 10.1 Å². The molecule has 1 amide bonds. The average Bonchev–Trinajstić information content (AvgIpc) is 2.93. The summed E-state index contributed by atoms with van der Waals surface area (Å²) in [4.78, 5) is 24.2. The fourth-order valence-electron chi connectivity index (χ4n) is 3.36. The van der Waals surface area contributed by atoms with Gasteiger partial charge in [0.15, 0.2) is 0 Å². The van der Waals surface area contributed by atoms with Crippen molar-refractivity contribution in [2.24, 2.45) is 0 Å². The number of hydrogen-bond donors (Lipinski definition) is 1. The summed E-state index contributed by atoms with van der Waals surface area (Å²) in [5, 5.41) is 3.38. The van der Waals surface area contributed by atoms with Crippen molar-refractivity contribution in [1.82, 2.24) is 0 Å². The predicted octanol–water partition coefficient (Wildman–Crippen LogP) is 3.05. The van der Waals surface area contributed by atoms with E-state index >= 15 is 0 Å². The molecule has 0 spiro atoms. The molecule has 0 saturated carbocycles. The van der Waals surface area contributed by atoms with E-state index in [0.29, 0.717) is 22.5 Å². The van der Waals surface area contributed by atoms with E-state index in [-0.39, 0.29) is 4.90 Å². The smallest absolute Gasteiger partial charge is 0.340 e. The largest absolute Gasteiger partial charge is 0.465 e. The first-order valence-electron chi connectivity index (χ1n) is 8.65. The van der Waals surface area contributed by atoms with Crippen LogP contribution in [0.5, 0.6) is 0 Å². The van der Waals surface area contributed by atoms with Crippen LogP contribution < -0.4 is 9.62 Å². The SMILES string of the molecule is COC(=O)c1cc(NC(=O)CN2c3cccc4cccc(c34)S2(=O)=O)c(F)cc1F. The molecule has 0 fully saturated rings. The standard InChI is InChI=1S/C20H14F2N2O5S/c1-29-20(26)12-8-15(14(22)9-13(12)21)23-18(25)10-24-16-6-2-4-11-5-3-7-17(19(11)16)30(24,27)28/h2-9H,10H2,1H3,(H,23,25). The number of methoxy groups -OCH3 is 1. The first-order chi connectivity index (χ1) is 14.2. The molecule has 0 aliphatic carbocycles. The third kappa shape index (κ3) is 3.05. The van der Waals surface area contributed by atoms with Crippen LogP contribution in [0.4, 0.5) is 20.2 Å². The highest BCUT2D eigenvalue weighted by Crippen LogP contribution is 2.41. The number of rotatable bonds is 4. The molecule has 0 saturated heterocycles. The topological polar surface area (TPSA) is 92.8 Å². The number of hydrogen-bond acceptors (Lipinski definition) is 5. The minimum absolute atomic E-state index is 0.0735. The van der Waals surface area contributed by atoms with E-state index in [1.807, 2.05) is 0 Å². The van der Waals surface area contributed by atoms with Gasteiger partial charge in [0.25, 0.3) is 10.0 Å². The van der Waals surface area contributed by atoms with Gasteiger partial charge in [-0.3, -0.25) is 9.10 Å². The Balaban J connectivity index is 1.65. The van der Waals surface area contributed by atoms with Gasteiger partial charge in [-0.25, -0.2) is 22.0 Å². The number of halogens is 2. The lowest BCUT2D eigenvalue weighted by atomic mass is 10.1. The van der Waals surface area contributed by atoms with E-state index in [1.54, 1.807) is 30.3 Å². The molecule has 0 aromatic heterocycles. The summed E-state index contributed by atoms with van der Waals surface area (Å²) in [7, 11) is -2.96. The molecule has 7 nitrogen and oxygen atoms in total. The highest BCUT2D eigenvalue weighted by atomic mass is 32.2. The van der Waals surface area contributed by atoms with Gasteiger partial charge in [-0.2, -0.15) is 0 Å². The molecule has 4 rings (SSSR count). The molecule has 0 unspecified atom stereocenters. The van der Waals surface area contributed by atoms with Gasteiger partial charge in [-0.15, -0.1) is 0 Å². The quantitative estimate of drug-likeness (QED) is 0.640. The van der Waals surface area contributed by atoms with Crippen molar-refractivity contribution in [3.8, 4) is 0 Å². The van der Waals surface area contributed by atoms with Crippen LogP contribution in [0.1, 0.15) is 10.4 Å². The molecule has 1 heterocycles.